The SMILES string of the molecule is C/C(=C(/c1cc(O)ccc1O)c1oc2ccccc2c1C(=O)c1ccc(Cl)cc1)N(C)C. The van der Waals surface area contributed by atoms with E-state index in [4.69, 9.17) is 16.0 Å². The van der Waals surface area contributed by atoms with Crippen LogP contribution in [-0.4, -0.2) is 35.0 Å². The summed E-state index contributed by atoms with van der Waals surface area (Å²) in [6, 6.07) is 18.2. The molecule has 0 spiro atoms. The van der Waals surface area contributed by atoms with Crippen molar-refractivity contribution in [1.29, 1.82) is 0 Å². The van der Waals surface area contributed by atoms with Crippen molar-refractivity contribution in [3.05, 3.63) is 99.9 Å². The fourth-order valence-corrected chi connectivity index (χ4v) is 3.75. The Balaban J connectivity index is 2.07. The third-order valence-corrected chi connectivity index (χ3v) is 5.69. The van der Waals surface area contributed by atoms with Crippen LogP contribution in [-0.2, 0) is 0 Å². The van der Waals surface area contributed by atoms with Crippen LogP contribution in [0.5, 0.6) is 11.5 Å². The predicted octanol–water partition coefficient (Wildman–Crippen LogP) is 6.07. The van der Waals surface area contributed by atoms with Crippen LogP contribution in [0.15, 0.2) is 76.8 Å². The van der Waals surface area contributed by atoms with E-state index in [9.17, 15) is 15.0 Å². The van der Waals surface area contributed by atoms with Crippen LogP contribution < -0.4 is 0 Å². The van der Waals surface area contributed by atoms with Gasteiger partial charge in [0.15, 0.2) is 5.78 Å². The van der Waals surface area contributed by atoms with Gasteiger partial charge in [0, 0.05) is 46.9 Å². The number of ketones is 1. The van der Waals surface area contributed by atoms with Crippen molar-refractivity contribution in [2.24, 2.45) is 0 Å². The lowest BCUT2D eigenvalue weighted by molar-refractivity contribution is 0.103. The summed E-state index contributed by atoms with van der Waals surface area (Å²) >= 11 is 6.01. The number of allylic oxidation sites excluding steroid dienone is 1. The minimum atomic E-state index is -0.231. The molecule has 1 aromatic heterocycles. The van der Waals surface area contributed by atoms with E-state index in [2.05, 4.69) is 0 Å². The maximum atomic E-state index is 13.7. The molecule has 0 aliphatic heterocycles. The van der Waals surface area contributed by atoms with Crippen LogP contribution in [0.1, 0.15) is 34.2 Å². The van der Waals surface area contributed by atoms with Gasteiger partial charge in [0.1, 0.15) is 22.8 Å². The van der Waals surface area contributed by atoms with Gasteiger partial charge in [0.25, 0.3) is 0 Å². The van der Waals surface area contributed by atoms with Gasteiger partial charge < -0.3 is 19.5 Å². The van der Waals surface area contributed by atoms with E-state index < -0.39 is 0 Å². The van der Waals surface area contributed by atoms with Crippen LogP contribution in [0.3, 0.4) is 0 Å². The summed E-state index contributed by atoms with van der Waals surface area (Å²) in [5, 5.41) is 22.0. The van der Waals surface area contributed by atoms with E-state index in [1.54, 1.807) is 30.3 Å². The van der Waals surface area contributed by atoms with Crippen LogP contribution in [0, 0.1) is 0 Å². The molecule has 0 saturated heterocycles. The van der Waals surface area contributed by atoms with Crippen molar-refractivity contribution in [1.82, 2.24) is 4.90 Å². The van der Waals surface area contributed by atoms with Crippen LogP contribution in [0.4, 0.5) is 0 Å². The molecule has 4 aromatic rings. The Labute approximate surface area is 190 Å². The fourth-order valence-electron chi connectivity index (χ4n) is 3.62. The van der Waals surface area contributed by atoms with Crippen molar-refractivity contribution >= 4 is 33.9 Å². The first-order chi connectivity index (χ1) is 15.3. The summed E-state index contributed by atoms with van der Waals surface area (Å²) in [6.07, 6.45) is 0. The van der Waals surface area contributed by atoms with Gasteiger partial charge in [-0.1, -0.05) is 29.8 Å². The quantitative estimate of drug-likeness (QED) is 0.287. The number of fused-ring (bicyclic) bond motifs is 1. The van der Waals surface area contributed by atoms with E-state index in [-0.39, 0.29) is 17.3 Å². The molecular weight excluding hydrogens is 426 g/mol. The number of furan rings is 1. The average molecular weight is 448 g/mol. The van der Waals surface area contributed by atoms with Crippen LogP contribution in [0.25, 0.3) is 16.5 Å². The molecule has 0 saturated carbocycles. The minimum Gasteiger partial charge on any atom is -0.508 e. The summed E-state index contributed by atoms with van der Waals surface area (Å²) in [7, 11) is 3.72. The van der Waals surface area contributed by atoms with E-state index in [0.29, 0.717) is 44.0 Å². The van der Waals surface area contributed by atoms with Gasteiger partial charge in [0.2, 0.25) is 0 Å². The Morgan fingerprint density at radius 3 is 2.34 bits per heavy atom. The van der Waals surface area contributed by atoms with Gasteiger partial charge in [-0.15, -0.1) is 0 Å². The summed E-state index contributed by atoms with van der Waals surface area (Å²) < 4.78 is 6.22. The van der Waals surface area contributed by atoms with E-state index in [0.717, 1.165) is 5.70 Å². The lowest BCUT2D eigenvalue weighted by atomic mass is 9.92. The molecule has 32 heavy (non-hydrogen) atoms. The van der Waals surface area contributed by atoms with Gasteiger partial charge in [-0.2, -0.15) is 0 Å². The highest BCUT2D eigenvalue weighted by Crippen LogP contribution is 2.41. The van der Waals surface area contributed by atoms with Gasteiger partial charge in [0.05, 0.1) is 5.56 Å². The zero-order chi connectivity index (χ0) is 23.0. The molecule has 0 bridgehead atoms. The predicted molar refractivity (Wildman–Crippen MR) is 126 cm³/mol. The monoisotopic (exact) mass is 447 g/mol. The number of benzene rings is 3. The Morgan fingerprint density at radius 2 is 1.66 bits per heavy atom. The molecule has 0 unspecified atom stereocenters. The zero-order valence-electron chi connectivity index (χ0n) is 17.9. The largest absolute Gasteiger partial charge is 0.508 e. The molecule has 0 radical (unpaired) electrons. The molecule has 5 nitrogen and oxygen atoms in total. The number of phenolic OH excluding ortho intramolecular Hbond substituents is 2. The standard InChI is InChI=1S/C26H22ClNO4/c1-15(28(2)3)23(20-14-18(29)12-13-21(20)30)26-24(19-6-4-5-7-22(19)32-26)25(31)16-8-10-17(27)11-9-16/h4-14,29-30H,1-3H3/b23-15+. The van der Waals surface area contributed by atoms with E-state index in [1.165, 1.54) is 18.2 Å². The average Bonchev–Trinajstić information content (AvgIpc) is 3.15. The first-order valence-corrected chi connectivity index (χ1v) is 10.4. The second-order valence-corrected chi connectivity index (χ2v) is 8.13. The molecule has 2 N–H and O–H groups in total. The van der Waals surface area contributed by atoms with Gasteiger partial charge in [-0.25, -0.2) is 0 Å². The van der Waals surface area contributed by atoms with Crippen molar-refractivity contribution in [2.75, 3.05) is 14.1 Å². The maximum absolute atomic E-state index is 13.7. The number of hydrogen-bond acceptors (Lipinski definition) is 5. The van der Waals surface area contributed by atoms with E-state index in [1.807, 2.05) is 44.1 Å². The summed E-state index contributed by atoms with van der Waals surface area (Å²) in [5.74, 6) is 0.0384. The number of carbonyl (C=O) groups excluding carboxylic acids is 1. The molecular formula is C26H22ClNO4. The molecule has 0 aliphatic carbocycles. The number of hydrogen-bond donors (Lipinski definition) is 2. The van der Waals surface area contributed by atoms with Crippen LogP contribution >= 0.6 is 11.6 Å². The summed E-state index contributed by atoms with van der Waals surface area (Å²) in [4.78, 5) is 15.5. The zero-order valence-corrected chi connectivity index (χ0v) is 18.6. The first-order valence-electron chi connectivity index (χ1n) is 10.0. The highest BCUT2D eigenvalue weighted by molar-refractivity contribution is 6.30. The molecule has 0 atom stereocenters. The lowest BCUT2D eigenvalue weighted by Gasteiger charge is -2.20. The third-order valence-electron chi connectivity index (χ3n) is 5.44. The molecule has 0 aliphatic rings. The Kier molecular flexibility index (Phi) is 5.68. The molecule has 1 heterocycles. The third kappa shape index (κ3) is 3.83. The number of carbonyl (C=O) groups is 1. The number of halogens is 1. The molecule has 4 rings (SSSR count). The molecule has 0 fully saturated rings. The minimum absolute atomic E-state index is 0.0106. The summed E-state index contributed by atoms with van der Waals surface area (Å²) in [5.41, 5.74) is 3.00. The molecule has 0 amide bonds. The number of para-hydroxylation sites is 1. The van der Waals surface area contributed by atoms with Crippen molar-refractivity contribution in [2.45, 2.75) is 6.92 Å². The number of aromatic hydroxyl groups is 2. The van der Waals surface area contributed by atoms with Gasteiger partial charge in [-0.3, -0.25) is 4.79 Å². The van der Waals surface area contributed by atoms with Crippen molar-refractivity contribution < 1.29 is 19.4 Å². The van der Waals surface area contributed by atoms with Crippen LogP contribution in [0.2, 0.25) is 5.02 Å². The number of rotatable bonds is 5. The Bertz CT molecular complexity index is 1350. The second kappa shape index (κ2) is 8.44. The number of phenols is 2. The topological polar surface area (TPSA) is 73.9 Å². The molecule has 3 aromatic carbocycles. The normalized spacial score (nSPS) is 12.0. The number of nitrogens with zero attached hydrogens (tertiary/aromatic N) is 1. The second-order valence-electron chi connectivity index (χ2n) is 7.69. The smallest absolute Gasteiger partial charge is 0.197 e. The van der Waals surface area contributed by atoms with Crippen molar-refractivity contribution in [3.63, 3.8) is 0 Å². The summed E-state index contributed by atoms with van der Waals surface area (Å²) in [6.45, 7) is 1.86. The molecule has 162 valence electrons. The lowest BCUT2D eigenvalue weighted by Crippen LogP contribution is -2.13. The highest BCUT2D eigenvalue weighted by atomic mass is 35.5. The van der Waals surface area contributed by atoms with Crippen molar-refractivity contribution in [3.8, 4) is 11.5 Å². The van der Waals surface area contributed by atoms with E-state index >= 15 is 0 Å². The van der Waals surface area contributed by atoms with Gasteiger partial charge >= 0.3 is 0 Å². The Hall–Kier alpha value is -3.70. The molecule has 6 heteroatoms. The highest BCUT2D eigenvalue weighted by Gasteiger charge is 2.28. The van der Waals surface area contributed by atoms with Gasteiger partial charge in [-0.05, 0) is 55.5 Å². The fraction of sp³-hybridized carbons (Fsp3) is 0.115. The first kappa shape index (κ1) is 21.5. The maximum Gasteiger partial charge on any atom is 0.197 e. The Morgan fingerprint density at radius 1 is 0.969 bits per heavy atom.